The number of ether oxygens (including phenoxy) is 1. The SMILES string of the molecule is c1cc2c(cc1CCNCCN1CCOCC1)CCCN2. The van der Waals surface area contributed by atoms with Crippen LogP contribution in [0.5, 0.6) is 0 Å². The van der Waals surface area contributed by atoms with Gasteiger partial charge in [-0.3, -0.25) is 4.90 Å². The van der Waals surface area contributed by atoms with E-state index in [9.17, 15) is 0 Å². The van der Waals surface area contributed by atoms with E-state index in [2.05, 4.69) is 33.7 Å². The van der Waals surface area contributed by atoms with Gasteiger partial charge in [-0.05, 0) is 43.0 Å². The Morgan fingerprint density at radius 1 is 1.19 bits per heavy atom. The lowest BCUT2D eigenvalue weighted by molar-refractivity contribution is 0.0385. The van der Waals surface area contributed by atoms with Gasteiger partial charge >= 0.3 is 0 Å². The summed E-state index contributed by atoms with van der Waals surface area (Å²) < 4.78 is 5.36. The fourth-order valence-corrected chi connectivity index (χ4v) is 3.10. The van der Waals surface area contributed by atoms with Crippen LogP contribution < -0.4 is 10.6 Å². The molecule has 0 bridgehead atoms. The molecule has 2 heterocycles. The standard InChI is InChI=1S/C17H27N3O/c1-2-16-14-15(3-4-17(16)19-6-1)5-7-18-8-9-20-10-12-21-13-11-20/h3-4,14,18-19H,1-2,5-13H2. The van der Waals surface area contributed by atoms with E-state index in [1.54, 1.807) is 0 Å². The summed E-state index contributed by atoms with van der Waals surface area (Å²) in [4.78, 5) is 2.47. The summed E-state index contributed by atoms with van der Waals surface area (Å²) in [6.45, 7) is 8.35. The second kappa shape index (κ2) is 7.78. The zero-order valence-electron chi connectivity index (χ0n) is 12.9. The van der Waals surface area contributed by atoms with Gasteiger partial charge in [0.15, 0.2) is 0 Å². The normalized spacial score (nSPS) is 19.0. The number of fused-ring (bicyclic) bond motifs is 1. The fourth-order valence-electron chi connectivity index (χ4n) is 3.10. The third-order valence-corrected chi connectivity index (χ3v) is 4.41. The van der Waals surface area contributed by atoms with Gasteiger partial charge in [-0.15, -0.1) is 0 Å². The number of morpholine rings is 1. The maximum absolute atomic E-state index is 5.36. The topological polar surface area (TPSA) is 36.5 Å². The van der Waals surface area contributed by atoms with Crippen LogP contribution in [-0.4, -0.2) is 57.4 Å². The van der Waals surface area contributed by atoms with Crippen molar-refractivity contribution in [3.8, 4) is 0 Å². The highest BCUT2D eigenvalue weighted by Crippen LogP contribution is 2.22. The molecule has 0 aromatic heterocycles. The van der Waals surface area contributed by atoms with Crippen molar-refractivity contribution >= 4 is 5.69 Å². The molecule has 0 unspecified atom stereocenters. The van der Waals surface area contributed by atoms with Crippen LogP contribution >= 0.6 is 0 Å². The van der Waals surface area contributed by atoms with Crippen molar-refractivity contribution in [1.29, 1.82) is 0 Å². The molecule has 1 aromatic carbocycles. The lowest BCUT2D eigenvalue weighted by Gasteiger charge is -2.26. The molecule has 1 saturated heterocycles. The minimum atomic E-state index is 0.892. The van der Waals surface area contributed by atoms with Gasteiger partial charge in [0.2, 0.25) is 0 Å². The lowest BCUT2D eigenvalue weighted by Crippen LogP contribution is -2.40. The molecule has 2 N–H and O–H groups in total. The molecular weight excluding hydrogens is 262 g/mol. The Morgan fingerprint density at radius 2 is 2.10 bits per heavy atom. The maximum atomic E-state index is 5.36. The van der Waals surface area contributed by atoms with E-state index in [4.69, 9.17) is 4.74 Å². The van der Waals surface area contributed by atoms with E-state index in [-0.39, 0.29) is 0 Å². The van der Waals surface area contributed by atoms with Gasteiger partial charge in [0.25, 0.3) is 0 Å². The summed E-state index contributed by atoms with van der Waals surface area (Å²) in [5, 5.41) is 7.03. The molecule has 21 heavy (non-hydrogen) atoms. The quantitative estimate of drug-likeness (QED) is 0.778. The monoisotopic (exact) mass is 289 g/mol. The largest absolute Gasteiger partial charge is 0.385 e. The number of benzene rings is 1. The number of aryl methyl sites for hydroxylation is 1. The number of hydrogen-bond donors (Lipinski definition) is 2. The average molecular weight is 289 g/mol. The molecule has 116 valence electrons. The second-order valence-corrected chi connectivity index (χ2v) is 5.98. The van der Waals surface area contributed by atoms with Gasteiger partial charge in [0.05, 0.1) is 13.2 Å². The highest BCUT2D eigenvalue weighted by Gasteiger charge is 2.10. The van der Waals surface area contributed by atoms with Gasteiger partial charge < -0.3 is 15.4 Å². The lowest BCUT2D eigenvalue weighted by atomic mass is 9.99. The van der Waals surface area contributed by atoms with E-state index in [0.29, 0.717) is 0 Å². The molecule has 0 amide bonds. The molecule has 4 heteroatoms. The molecule has 4 nitrogen and oxygen atoms in total. The van der Waals surface area contributed by atoms with E-state index in [0.717, 1.165) is 58.9 Å². The summed E-state index contributed by atoms with van der Waals surface area (Å²) in [5.74, 6) is 0. The van der Waals surface area contributed by atoms with Crippen molar-refractivity contribution in [2.24, 2.45) is 0 Å². The Labute approximate surface area is 127 Å². The van der Waals surface area contributed by atoms with Crippen LogP contribution in [0.2, 0.25) is 0 Å². The van der Waals surface area contributed by atoms with E-state index in [1.165, 1.54) is 29.7 Å². The van der Waals surface area contributed by atoms with Gasteiger partial charge in [0, 0.05) is 38.4 Å². The van der Waals surface area contributed by atoms with Crippen molar-refractivity contribution < 1.29 is 4.74 Å². The number of nitrogens with one attached hydrogen (secondary N) is 2. The Morgan fingerprint density at radius 3 is 3.00 bits per heavy atom. The second-order valence-electron chi connectivity index (χ2n) is 5.98. The van der Waals surface area contributed by atoms with Crippen LogP contribution in [-0.2, 0) is 17.6 Å². The molecule has 0 atom stereocenters. The van der Waals surface area contributed by atoms with Crippen molar-refractivity contribution in [3.63, 3.8) is 0 Å². The molecule has 1 aromatic rings. The smallest absolute Gasteiger partial charge is 0.0594 e. The molecule has 2 aliphatic heterocycles. The number of hydrogen-bond acceptors (Lipinski definition) is 4. The van der Waals surface area contributed by atoms with Crippen molar-refractivity contribution in [3.05, 3.63) is 29.3 Å². The van der Waals surface area contributed by atoms with Gasteiger partial charge in [-0.1, -0.05) is 12.1 Å². The number of rotatable bonds is 6. The predicted octanol–water partition coefficient (Wildman–Crippen LogP) is 1.51. The Hall–Kier alpha value is -1.10. The maximum Gasteiger partial charge on any atom is 0.0594 e. The molecule has 0 aliphatic carbocycles. The van der Waals surface area contributed by atoms with Crippen molar-refractivity contribution in [1.82, 2.24) is 10.2 Å². The van der Waals surface area contributed by atoms with Crippen LogP contribution in [0.4, 0.5) is 5.69 Å². The highest BCUT2D eigenvalue weighted by molar-refractivity contribution is 5.54. The first-order valence-electron chi connectivity index (χ1n) is 8.28. The number of anilines is 1. The summed E-state index contributed by atoms with van der Waals surface area (Å²) in [5.41, 5.74) is 4.29. The fraction of sp³-hybridized carbons (Fsp3) is 0.647. The highest BCUT2D eigenvalue weighted by atomic mass is 16.5. The summed E-state index contributed by atoms with van der Waals surface area (Å²) >= 11 is 0. The third-order valence-electron chi connectivity index (χ3n) is 4.41. The predicted molar refractivity (Wildman–Crippen MR) is 87.1 cm³/mol. The molecule has 0 spiro atoms. The first-order valence-corrected chi connectivity index (χ1v) is 8.28. The first kappa shape index (κ1) is 14.8. The van der Waals surface area contributed by atoms with Gasteiger partial charge in [-0.2, -0.15) is 0 Å². The van der Waals surface area contributed by atoms with Crippen LogP contribution in [0, 0.1) is 0 Å². The Balaban J connectivity index is 1.35. The zero-order chi connectivity index (χ0) is 14.3. The van der Waals surface area contributed by atoms with Crippen LogP contribution in [0.3, 0.4) is 0 Å². The third kappa shape index (κ3) is 4.43. The van der Waals surface area contributed by atoms with E-state index < -0.39 is 0 Å². The molecule has 0 saturated carbocycles. The molecule has 2 aliphatic rings. The van der Waals surface area contributed by atoms with Crippen molar-refractivity contribution in [2.75, 3.05) is 57.8 Å². The van der Waals surface area contributed by atoms with Crippen LogP contribution in [0.15, 0.2) is 18.2 Å². The van der Waals surface area contributed by atoms with Crippen LogP contribution in [0.25, 0.3) is 0 Å². The minimum absolute atomic E-state index is 0.892. The molecule has 1 fully saturated rings. The molecule has 0 radical (unpaired) electrons. The summed E-state index contributed by atoms with van der Waals surface area (Å²) in [6, 6.07) is 6.89. The van der Waals surface area contributed by atoms with Crippen molar-refractivity contribution in [2.45, 2.75) is 19.3 Å². The van der Waals surface area contributed by atoms with E-state index in [1.807, 2.05) is 0 Å². The van der Waals surface area contributed by atoms with E-state index >= 15 is 0 Å². The molecule has 3 rings (SSSR count). The summed E-state index contributed by atoms with van der Waals surface area (Å²) in [7, 11) is 0. The molecular formula is C17H27N3O. The Bertz CT molecular complexity index is 444. The minimum Gasteiger partial charge on any atom is -0.385 e. The van der Waals surface area contributed by atoms with Gasteiger partial charge in [-0.25, -0.2) is 0 Å². The summed E-state index contributed by atoms with van der Waals surface area (Å²) in [6.07, 6.45) is 3.60. The number of nitrogens with zero attached hydrogens (tertiary/aromatic N) is 1. The Kier molecular flexibility index (Phi) is 5.49. The average Bonchev–Trinajstić information content (AvgIpc) is 2.55. The zero-order valence-corrected chi connectivity index (χ0v) is 12.9. The van der Waals surface area contributed by atoms with Crippen LogP contribution in [0.1, 0.15) is 17.5 Å². The van der Waals surface area contributed by atoms with Gasteiger partial charge in [0.1, 0.15) is 0 Å². The first-order chi connectivity index (χ1) is 10.4.